The molecule has 0 radical (unpaired) electrons. The first-order chi connectivity index (χ1) is 7.13. The molecule has 0 aliphatic rings. The van der Waals surface area contributed by atoms with E-state index in [1.807, 2.05) is 12.1 Å². The minimum absolute atomic E-state index is 0.310. The highest BCUT2D eigenvalue weighted by atomic mass is 16.5. The Bertz CT molecular complexity index is 282. The average molecular weight is 210 g/mol. The first kappa shape index (κ1) is 12.0. The molecule has 0 aliphatic carbocycles. The largest absolute Gasteiger partial charge is 0.491 e. The number of benzene rings is 1. The minimum atomic E-state index is -0.477. The van der Waals surface area contributed by atoms with Gasteiger partial charge in [-0.2, -0.15) is 0 Å². The van der Waals surface area contributed by atoms with Gasteiger partial charge < -0.3 is 15.6 Å². The molecule has 1 atom stereocenters. The topological polar surface area (TPSA) is 57.1 Å². The van der Waals surface area contributed by atoms with Crippen LogP contribution >= 0.6 is 0 Å². The van der Waals surface area contributed by atoms with Crippen LogP contribution in [0.1, 0.15) is 25.3 Å². The van der Waals surface area contributed by atoms with Crippen LogP contribution in [0.2, 0.25) is 0 Å². The Kier molecular flexibility index (Phi) is 4.59. The zero-order valence-corrected chi connectivity index (χ0v) is 9.44. The predicted octanol–water partition coefficient (Wildman–Crippen LogP) is 0.792. The first-order valence-corrected chi connectivity index (χ1v) is 5.33. The molecule has 4 N–H and O–H groups in total. The molecule has 0 amide bonds. The molecule has 0 aliphatic heterocycles. The van der Waals surface area contributed by atoms with Crippen LogP contribution in [0.15, 0.2) is 24.3 Å². The lowest BCUT2D eigenvalue weighted by Gasteiger charge is -2.10. The Hall–Kier alpha value is -1.06. The highest BCUT2D eigenvalue weighted by molar-refractivity contribution is 5.28. The van der Waals surface area contributed by atoms with Gasteiger partial charge in [-0.25, -0.2) is 0 Å². The van der Waals surface area contributed by atoms with Gasteiger partial charge in [0.15, 0.2) is 0 Å². The highest BCUT2D eigenvalue weighted by Gasteiger charge is 2.04. The summed E-state index contributed by atoms with van der Waals surface area (Å²) in [6.07, 6.45) is -0.477. The molecule has 1 aromatic carbocycles. The van der Waals surface area contributed by atoms with Crippen LogP contribution in [0.25, 0.3) is 0 Å². The van der Waals surface area contributed by atoms with Crippen molar-refractivity contribution in [3.8, 4) is 5.75 Å². The van der Waals surface area contributed by atoms with Gasteiger partial charge in [-0.3, -0.25) is 0 Å². The number of aliphatic hydroxyl groups excluding tert-OH is 1. The molecule has 0 saturated carbocycles. The van der Waals surface area contributed by atoms with Crippen LogP contribution in [-0.2, 0) is 0 Å². The summed E-state index contributed by atoms with van der Waals surface area (Å²) in [6.45, 7) is 5.10. The van der Waals surface area contributed by atoms with Crippen molar-refractivity contribution in [2.45, 2.75) is 25.9 Å². The van der Waals surface area contributed by atoms with Gasteiger partial charge in [0.2, 0.25) is 0 Å². The van der Waals surface area contributed by atoms with Crippen molar-refractivity contribution in [1.29, 1.82) is 0 Å². The van der Waals surface area contributed by atoms with Crippen molar-refractivity contribution >= 4 is 0 Å². The molecule has 0 aromatic heterocycles. The Balaban J connectivity index is 2.50. The average Bonchev–Trinajstić information content (AvgIpc) is 2.26. The lowest BCUT2D eigenvalue weighted by Crippen LogP contribution is -2.56. The van der Waals surface area contributed by atoms with Crippen molar-refractivity contribution in [3.63, 3.8) is 0 Å². The minimum Gasteiger partial charge on any atom is -0.491 e. The number of rotatable bonds is 5. The van der Waals surface area contributed by atoms with E-state index in [9.17, 15) is 5.11 Å². The monoisotopic (exact) mass is 210 g/mol. The molecule has 0 unspecified atom stereocenters. The summed E-state index contributed by atoms with van der Waals surface area (Å²) in [5.41, 5.74) is 4.90. The Labute approximate surface area is 90.9 Å². The molecule has 0 bridgehead atoms. The summed E-state index contributed by atoms with van der Waals surface area (Å²) in [4.78, 5) is 0. The van der Waals surface area contributed by atoms with Gasteiger partial charge in [0.05, 0.1) is 0 Å². The number of ether oxygens (including phenoxy) is 1. The Morgan fingerprint density at radius 3 is 2.33 bits per heavy atom. The predicted molar refractivity (Wildman–Crippen MR) is 59.8 cm³/mol. The lowest BCUT2D eigenvalue weighted by atomic mass is 10.0. The zero-order chi connectivity index (χ0) is 11.3. The van der Waals surface area contributed by atoms with Crippen molar-refractivity contribution in [1.82, 2.24) is 0 Å². The van der Waals surface area contributed by atoms with Crippen molar-refractivity contribution in [2.24, 2.45) is 0 Å². The number of aliphatic hydroxyl groups is 1. The molecule has 15 heavy (non-hydrogen) atoms. The van der Waals surface area contributed by atoms with Gasteiger partial charge >= 0.3 is 0 Å². The van der Waals surface area contributed by atoms with Gasteiger partial charge in [-0.1, -0.05) is 26.0 Å². The second-order valence-corrected chi connectivity index (χ2v) is 3.98. The molecular weight excluding hydrogens is 190 g/mol. The van der Waals surface area contributed by atoms with E-state index in [4.69, 9.17) is 4.74 Å². The van der Waals surface area contributed by atoms with E-state index >= 15 is 0 Å². The molecule has 0 spiro atoms. The molecular formula is C12H20NO2+. The first-order valence-electron chi connectivity index (χ1n) is 5.33. The summed E-state index contributed by atoms with van der Waals surface area (Å²) < 4.78 is 5.40. The van der Waals surface area contributed by atoms with Crippen LogP contribution < -0.4 is 10.5 Å². The lowest BCUT2D eigenvalue weighted by molar-refractivity contribution is -0.384. The fourth-order valence-electron chi connectivity index (χ4n) is 1.22. The van der Waals surface area contributed by atoms with Crippen molar-refractivity contribution in [2.75, 3.05) is 13.2 Å². The molecule has 0 heterocycles. The fourth-order valence-corrected chi connectivity index (χ4v) is 1.22. The maximum atomic E-state index is 9.27. The summed E-state index contributed by atoms with van der Waals surface area (Å²) >= 11 is 0. The zero-order valence-electron chi connectivity index (χ0n) is 9.44. The molecule has 1 aromatic rings. The van der Waals surface area contributed by atoms with E-state index in [-0.39, 0.29) is 0 Å². The van der Waals surface area contributed by atoms with E-state index in [0.29, 0.717) is 19.1 Å². The number of hydrogen-bond donors (Lipinski definition) is 2. The van der Waals surface area contributed by atoms with E-state index < -0.39 is 6.10 Å². The number of quaternary nitrogens is 1. The second-order valence-electron chi connectivity index (χ2n) is 3.98. The normalized spacial score (nSPS) is 12.9. The third-order valence-electron chi connectivity index (χ3n) is 2.32. The molecule has 3 nitrogen and oxygen atoms in total. The van der Waals surface area contributed by atoms with Crippen LogP contribution in [0.3, 0.4) is 0 Å². The smallest absolute Gasteiger partial charge is 0.136 e. The SMILES string of the molecule is CC(C)c1ccc(OC[C@@H](O)C[NH3+])cc1. The van der Waals surface area contributed by atoms with Gasteiger partial charge in [0, 0.05) is 0 Å². The van der Waals surface area contributed by atoms with Crippen molar-refractivity contribution < 1.29 is 15.6 Å². The van der Waals surface area contributed by atoms with Crippen LogP contribution in [0.4, 0.5) is 0 Å². The quantitative estimate of drug-likeness (QED) is 0.755. The van der Waals surface area contributed by atoms with E-state index in [1.165, 1.54) is 5.56 Å². The molecule has 1 rings (SSSR count). The van der Waals surface area contributed by atoms with E-state index in [2.05, 4.69) is 31.7 Å². The van der Waals surface area contributed by atoms with E-state index in [0.717, 1.165) is 5.75 Å². The second kappa shape index (κ2) is 5.73. The third kappa shape index (κ3) is 3.90. The summed E-state index contributed by atoms with van der Waals surface area (Å²) in [5, 5.41) is 9.27. The van der Waals surface area contributed by atoms with Gasteiger partial charge in [0.1, 0.15) is 25.0 Å². The molecule has 0 fully saturated rings. The van der Waals surface area contributed by atoms with Gasteiger partial charge in [0.25, 0.3) is 0 Å². The van der Waals surface area contributed by atoms with Crippen LogP contribution in [-0.4, -0.2) is 24.4 Å². The highest BCUT2D eigenvalue weighted by Crippen LogP contribution is 2.18. The van der Waals surface area contributed by atoms with Gasteiger partial charge in [-0.15, -0.1) is 0 Å². The van der Waals surface area contributed by atoms with E-state index in [1.54, 1.807) is 0 Å². The summed E-state index contributed by atoms with van der Waals surface area (Å²) in [5.74, 6) is 1.33. The Morgan fingerprint density at radius 1 is 1.27 bits per heavy atom. The van der Waals surface area contributed by atoms with Crippen LogP contribution in [0.5, 0.6) is 5.75 Å². The van der Waals surface area contributed by atoms with Crippen LogP contribution in [0, 0.1) is 0 Å². The maximum absolute atomic E-state index is 9.27. The maximum Gasteiger partial charge on any atom is 0.136 e. The standard InChI is InChI=1S/C12H19NO2/c1-9(2)10-3-5-12(6-4-10)15-8-11(14)7-13/h3-6,9,11,14H,7-8,13H2,1-2H3/p+1/t11-/m0/s1. The fraction of sp³-hybridized carbons (Fsp3) is 0.500. The number of hydrogen-bond acceptors (Lipinski definition) is 2. The van der Waals surface area contributed by atoms with Crippen molar-refractivity contribution in [3.05, 3.63) is 29.8 Å². The van der Waals surface area contributed by atoms with Gasteiger partial charge in [-0.05, 0) is 23.6 Å². The molecule has 84 valence electrons. The summed E-state index contributed by atoms with van der Waals surface area (Å²) in [7, 11) is 0. The molecule has 3 heteroatoms. The Morgan fingerprint density at radius 2 is 1.87 bits per heavy atom. The summed E-state index contributed by atoms with van der Waals surface area (Å²) in [6, 6.07) is 7.98. The third-order valence-corrected chi connectivity index (χ3v) is 2.32. The molecule has 0 saturated heterocycles.